The lowest BCUT2D eigenvalue weighted by Gasteiger charge is -2.24. The van der Waals surface area contributed by atoms with E-state index in [4.69, 9.17) is 9.47 Å². The molecule has 3 rings (SSSR count). The van der Waals surface area contributed by atoms with Gasteiger partial charge in [-0.3, -0.25) is 9.59 Å². The number of esters is 2. The van der Waals surface area contributed by atoms with Crippen molar-refractivity contribution in [3.05, 3.63) is 47.0 Å². The summed E-state index contributed by atoms with van der Waals surface area (Å²) in [5.41, 5.74) is 3.21. The van der Waals surface area contributed by atoms with Crippen molar-refractivity contribution in [2.24, 2.45) is 0 Å². The molecule has 0 unspecified atom stereocenters. The quantitative estimate of drug-likeness (QED) is 0.0592. The van der Waals surface area contributed by atoms with Gasteiger partial charge in [0.15, 0.2) is 0 Å². The number of unbranched alkanes of at least 4 members (excludes halogenated alkanes) is 16. The molecule has 1 aliphatic rings. The Morgan fingerprint density at radius 2 is 0.977 bits per heavy atom. The number of carbonyl (C=O) groups is 2. The normalized spacial score (nSPS) is 12.7. The first-order valence-electron chi connectivity index (χ1n) is 17.7. The van der Waals surface area contributed by atoms with Crippen molar-refractivity contribution in [2.45, 2.75) is 162 Å². The average molecular weight is 591 g/mol. The van der Waals surface area contributed by atoms with Gasteiger partial charge in [-0.05, 0) is 32.6 Å². The van der Waals surface area contributed by atoms with Crippen molar-refractivity contribution in [1.82, 2.24) is 0 Å². The molecule has 0 aliphatic heterocycles. The van der Waals surface area contributed by atoms with E-state index in [-0.39, 0.29) is 11.9 Å². The molecule has 0 heterocycles. The third kappa shape index (κ3) is 12.1. The first-order valence-corrected chi connectivity index (χ1v) is 17.7. The van der Waals surface area contributed by atoms with Crippen molar-refractivity contribution in [3.8, 4) is 11.5 Å². The highest BCUT2D eigenvalue weighted by Gasteiger charge is 2.26. The van der Waals surface area contributed by atoms with Gasteiger partial charge in [0.2, 0.25) is 0 Å². The zero-order valence-corrected chi connectivity index (χ0v) is 27.6. The zero-order valence-electron chi connectivity index (χ0n) is 27.6. The van der Waals surface area contributed by atoms with Crippen LogP contribution in [0.4, 0.5) is 0 Å². The molecule has 2 aromatic carbocycles. The highest BCUT2D eigenvalue weighted by Crippen LogP contribution is 2.44. The molecule has 0 fully saturated rings. The molecule has 0 bridgehead atoms. The fourth-order valence-electron chi connectivity index (χ4n) is 6.23. The lowest BCUT2D eigenvalue weighted by molar-refractivity contribution is -0.135. The topological polar surface area (TPSA) is 52.6 Å². The Balaban J connectivity index is 1.59. The Labute approximate surface area is 262 Å². The minimum atomic E-state index is -0.170. The molecule has 43 heavy (non-hydrogen) atoms. The number of carbonyl (C=O) groups excluding carboxylic acids is 2. The van der Waals surface area contributed by atoms with E-state index < -0.39 is 0 Å². The van der Waals surface area contributed by atoms with Crippen molar-refractivity contribution in [1.29, 1.82) is 0 Å². The van der Waals surface area contributed by atoms with Crippen molar-refractivity contribution in [3.63, 3.8) is 0 Å². The van der Waals surface area contributed by atoms with Crippen molar-refractivity contribution in [2.75, 3.05) is 0 Å². The Morgan fingerprint density at radius 3 is 1.42 bits per heavy atom. The van der Waals surface area contributed by atoms with E-state index in [0.717, 1.165) is 47.6 Å². The maximum atomic E-state index is 13.0. The Hall–Kier alpha value is -2.62. The average Bonchev–Trinajstić information content (AvgIpc) is 3.01. The second-order valence-corrected chi connectivity index (χ2v) is 12.7. The van der Waals surface area contributed by atoms with E-state index in [2.05, 4.69) is 26.8 Å². The number of benzene rings is 2. The second-order valence-electron chi connectivity index (χ2n) is 12.7. The van der Waals surface area contributed by atoms with Gasteiger partial charge in [-0.15, -0.1) is 0 Å². The summed E-state index contributed by atoms with van der Waals surface area (Å²) in [6.07, 6.45) is 26.3. The molecule has 0 N–H and O–H groups in total. The number of fused-ring (bicyclic) bond motifs is 2. The molecule has 0 saturated heterocycles. The third-order valence-corrected chi connectivity index (χ3v) is 8.84. The molecular weight excluding hydrogens is 532 g/mol. The molecule has 1 aliphatic carbocycles. The van der Waals surface area contributed by atoms with E-state index >= 15 is 0 Å². The van der Waals surface area contributed by atoms with E-state index in [1.807, 2.05) is 24.3 Å². The van der Waals surface area contributed by atoms with Crippen LogP contribution in [0, 0.1) is 0 Å². The van der Waals surface area contributed by atoms with E-state index in [1.54, 1.807) is 0 Å². The summed E-state index contributed by atoms with van der Waals surface area (Å²) in [5, 5.41) is 1.70. The van der Waals surface area contributed by atoms with Crippen LogP contribution in [0.3, 0.4) is 0 Å². The van der Waals surface area contributed by atoms with Gasteiger partial charge in [-0.2, -0.15) is 0 Å². The third-order valence-electron chi connectivity index (χ3n) is 8.84. The molecule has 4 nitrogen and oxygen atoms in total. The number of ether oxygens (including phenoxy) is 2. The summed E-state index contributed by atoms with van der Waals surface area (Å²) in [7, 11) is 0. The largest absolute Gasteiger partial charge is 0.426 e. The van der Waals surface area contributed by atoms with Crippen LogP contribution in [-0.4, -0.2) is 11.9 Å². The van der Waals surface area contributed by atoms with Crippen LogP contribution in [0.5, 0.6) is 11.5 Å². The molecule has 0 spiro atoms. The molecule has 0 radical (unpaired) electrons. The van der Waals surface area contributed by atoms with Crippen LogP contribution in [0.1, 0.15) is 160 Å². The zero-order chi connectivity index (χ0) is 30.7. The summed E-state index contributed by atoms with van der Waals surface area (Å²) in [6, 6.07) is 7.90. The minimum Gasteiger partial charge on any atom is -0.426 e. The summed E-state index contributed by atoms with van der Waals surface area (Å²) >= 11 is 0. The lowest BCUT2D eigenvalue weighted by atomic mass is 9.87. The van der Waals surface area contributed by atoms with Gasteiger partial charge in [0.05, 0.1) is 0 Å². The fourth-order valence-corrected chi connectivity index (χ4v) is 6.23. The maximum Gasteiger partial charge on any atom is 0.311 e. The number of allylic oxidation sites excluding steroid dienone is 2. The van der Waals surface area contributed by atoms with Crippen LogP contribution in [0.2, 0.25) is 0 Å². The van der Waals surface area contributed by atoms with Gasteiger partial charge in [0.25, 0.3) is 0 Å². The lowest BCUT2D eigenvalue weighted by Crippen LogP contribution is -2.15. The van der Waals surface area contributed by atoms with Gasteiger partial charge >= 0.3 is 11.9 Å². The summed E-state index contributed by atoms with van der Waals surface area (Å²) < 4.78 is 12.3. The second kappa shape index (κ2) is 20.4. The molecule has 0 amide bonds. The highest BCUT2D eigenvalue weighted by molar-refractivity contribution is 5.99. The molecule has 0 saturated carbocycles. The van der Waals surface area contributed by atoms with Crippen molar-refractivity contribution >= 4 is 22.7 Å². The Kier molecular flexibility index (Phi) is 16.5. The van der Waals surface area contributed by atoms with Gasteiger partial charge in [-0.25, -0.2) is 0 Å². The Bertz CT molecular complexity index is 1160. The first kappa shape index (κ1) is 34.9. The summed E-state index contributed by atoms with van der Waals surface area (Å²) in [4.78, 5) is 26.0. The van der Waals surface area contributed by atoms with Gasteiger partial charge in [-0.1, -0.05) is 152 Å². The van der Waals surface area contributed by atoms with E-state index in [1.165, 1.54) is 95.5 Å². The SMILES string of the molecule is CCCCCCCCCCCC(=O)Oc1c2c(c(OC(=O)CCCCCCCCCCC)c3ccccc13)CC(C)=CC2. The summed E-state index contributed by atoms with van der Waals surface area (Å²) in [6.45, 7) is 6.61. The van der Waals surface area contributed by atoms with Gasteiger partial charge < -0.3 is 9.47 Å². The summed E-state index contributed by atoms with van der Waals surface area (Å²) in [5.74, 6) is 0.959. The van der Waals surface area contributed by atoms with Crippen LogP contribution in [-0.2, 0) is 22.4 Å². The molecule has 0 atom stereocenters. The number of rotatable bonds is 22. The van der Waals surface area contributed by atoms with E-state index in [0.29, 0.717) is 37.2 Å². The molecule has 2 aromatic rings. The monoisotopic (exact) mass is 590 g/mol. The van der Waals surface area contributed by atoms with Crippen LogP contribution in [0.25, 0.3) is 10.8 Å². The van der Waals surface area contributed by atoms with Crippen LogP contribution in [0.15, 0.2) is 35.9 Å². The van der Waals surface area contributed by atoms with Gasteiger partial charge in [0, 0.05) is 34.7 Å². The standard InChI is InChI=1S/C39H58O4/c1-4-6-8-10-12-14-16-18-20-26-36(40)42-38-32-24-22-23-25-33(32)39(35-30-31(3)28-29-34(35)38)43-37(41)27-21-19-17-15-13-11-9-7-5-2/h22-25,28H,4-21,26-27,29-30H2,1-3H3. The number of hydrogen-bond acceptors (Lipinski definition) is 4. The molecule has 4 heteroatoms. The van der Waals surface area contributed by atoms with E-state index in [9.17, 15) is 9.59 Å². The van der Waals surface area contributed by atoms with Crippen LogP contribution < -0.4 is 9.47 Å². The molecule has 0 aromatic heterocycles. The fraction of sp³-hybridized carbons (Fsp3) is 0.641. The van der Waals surface area contributed by atoms with Crippen LogP contribution >= 0.6 is 0 Å². The predicted molar refractivity (Wildman–Crippen MR) is 180 cm³/mol. The van der Waals surface area contributed by atoms with Crippen molar-refractivity contribution < 1.29 is 19.1 Å². The smallest absolute Gasteiger partial charge is 0.311 e. The van der Waals surface area contributed by atoms with Gasteiger partial charge in [0.1, 0.15) is 11.5 Å². The predicted octanol–water partition coefficient (Wildman–Crippen LogP) is 11.5. The minimum absolute atomic E-state index is 0.169. The maximum absolute atomic E-state index is 13.0. The number of hydrogen-bond donors (Lipinski definition) is 0. The molecular formula is C39H58O4. The first-order chi connectivity index (χ1) is 21.0. The highest BCUT2D eigenvalue weighted by atomic mass is 16.5. The Morgan fingerprint density at radius 1 is 0.581 bits per heavy atom. The molecule has 238 valence electrons.